The lowest BCUT2D eigenvalue weighted by molar-refractivity contribution is 0.416. The first-order chi connectivity index (χ1) is 6.27. The van der Waals surface area contributed by atoms with Gasteiger partial charge in [0, 0.05) is 6.54 Å². The number of rotatable bonds is 4. The van der Waals surface area contributed by atoms with Crippen LogP contribution < -0.4 is 11.1 Å². The Hall–Kier alpha value is -0.760. The highest BCUT2D eigenvalue weighted by molar-refractivity contribution is 9.10. The fraction of sp³-hybridized carbons (Fsp3) is 0.333. The van der Waals surface area contributed by atoms with Crippen LogP contribution in [0.2, 0.25) is 0 Å². The van der Waals surface area contributed by atoms with Gasteiger partial charge in [0.2, 0.25) is 0 Å². The summed E-state index contributed by atoms with van der Waals surface area (Å²) in [5, 5.41) is 3.07. The zero-order valence-electron chi connectivity index (χ0n) is 7.09. The van der Waals surface area contributed by atoms with Gasteiger partial charge in [0.05, 0.1) is 12.6 Å². The monoisotopic (exact) mass is 242 g/mol. The zero-order valence-corrected chi connectivity index (χ0v) is 8.67. The van der Waals surface area contributed by atoms with E-state index in [0.717, 1.165) is 5.76 Å². The van der Waals surface area contributed by atoms with Gasteiger partial charge in [-0.15, -0.1) is 6.42 Å². The van der Waals surface area contributed by atoms with Crippen LogP contribution in [0.15, 0.2) is 21.2 Å². The van der Waals surface area contributed by atoms with Crippen molar-refractivity contribution in [2.45, 2.75) is 6.04 Å². The Morgan fingerprint density at radius 1 is 1.69 bits per heavy atom. The molecule has 70 valence electrons. The highest BCUT2D eigenvalue weighted by atomic mass is 79.9. The van der Waals surface area contributed by atoms with Crippen molar-refractivity contribution in [2.75, 3.05) is 13.1 Å². The number of hydrogen-bond donors (Lipinski definition) is 2. The molecule has 0 saturated heterocycles. The molecule has 3 nitrogen and oxygen atoms in total. The maximum atomic E-state index is 5.55. The van der Waals surface area contributed by atoms with Crippen molar-refractivity contribution in [3.63, 3.8) is 0 Å². The second-order valence-corrected chi connectivity index (χ2v) is 3.30. The number of hydrogen-bond acceptors (Lipinski definition) is 3. The van der Waals surface area contributed by atoms with Crippen molar-refractivity contribution in [1.29, 1.82) is 0 Å². The normalized spacial score (nSPS) is 12.4. The van der Waals surface area contributed by atoms with E-state index in [1.807, 2.05) is 12.1 Å². The number of nitrogens with two attached hydrogens (primary N) is 1. The summed E-state index contributed by atoms with van der Waals surface area (Å²) in [5.41, 5.74) is 5.55. The molecular weight excluding hydrogens is 232 g/mol. The molecule has 0 fully saturated rings. The van der Waals surface area contributed by atoms with Gasteiger partial charge in [-0.25, -0.2) is 0 Å². The van der Waals surface area contributed by atoms with E-state index in [1.54, 1.807) is 0 Å². The minimum Gasteiger partial charge on any atom is -0.453 e. The first-order valence-corrected chi connectivity index (χ1v) is 4.69. The van der Waals surface area contributed by atoms with Gasteiger partial charge in [-0.1, -0.05) is 5.92 Å². The van der Waals surface area contributed by atoms with Crippen LogP contribution in [0.5, 0.6) is 0 Å². The van der Waals surface area contributed by atoms with Crippen molar-refractivity contribution >= 4 is 15.9 Å². The van der Waals surface area contributed by atoms with Gasteiger partial charge in [0.25, 0.3) is 0 Å². The molecule has 1 rings (SSSR count). The molecule has 4 heteroatoms. The summed E-state index contributed by atoms with van der Waals surface area (Å²) in [5.74, 6) is 3.28. The topological polar surface area (TPSA) is 51.2 Å². The molecule has 0 bridgehead atoms. The summed E-state index contributed by atoms with van der Waals surface area (Å²) < 4.78 is 6.04. The molecule has 0 aliphatic heterocycles. The summed E-state index contributed by atoms with van der Waals surface area (Å²) in [7, 11) is 0. The molecule has 3 N–H and O–H groups in total. The third-order valence-corrected chi connectivity index (χ3v) is 2.05. The van der Waals surface area contributed by atoms with E-state index in [4.69, 9.17) is 16.6 Å². The maximum Gasteiger partial charge on any atom is 0.169 e. The molecule has 0 aliphatic carbocycles. The fourth-order valence-electron chi connectivity index (χ4n) is 0.998. The molecule has 1 aromatic rings. The molecule has 1 unspecified atom stereocenters. The number of furan rings is 1. The lowest BCUT2D eigenvalue weighted by Gasteiger charge is -2.11. The molecule has 0 spiro atoms. The van der Waals surface area contributed by atoms with E-state index in [1.165, 1.54) is 0 Å². The van der Waals surface area contributed by atoms with E-state index in [0.29, 0.717) is 17.8 Å². The Bertz CT molecular complexity index is 303. The van der Waals surface area contributed by atoms with Crippen LogP contribution in [0.25, 0.3) is 0 Å². The largest absolute Gasteiger partial charge is 0.453 e. The van der Waals surface area contributed by atoms with E-state index in [-0.39, 0.29) is 6.04 Å². The van der Waals surface area contributed by atoms with E-state index in [2.05, 4.69) is 27.2 Å². The quantitative estimate of drug-likeness (QED) is 0.783. The number of nitrogens with one attached hydrogen (secondary N) is 1. The maximum absolute atomic E-state index is 5.55. The minimum atomic E-state index is -0.0117. The first kappa shape index (κ1) is 10.3. The molecule has 0 aliphatic rings. The minimum absolute atomic E-state index is 0.0117. The summed E-state index contributed by atoms with van der Waals surface area (Å²) >= 11 is 3.22. The average Bonchev–Trinajstić information content (AvgIpc) is 2.54. The Kier molecular flexibility index (Phi) is 4.03. The van der Waals surface area contributed by atoms with Gasteiger partial charge in [0.15, 0.2) is 4.67 Å². The summed E-state index contributed by atoms with van der Waals surface area (Å²) in [6.45, 7) is 0.946. The predicted molar refractivity (Wildman–Crippen MR) is 55.0 cm³/mol. The van der Waals surface area contributed by atoms with Crippen LogP contribution in [-0.4, -0.2) is 13.1 Å². The van der Waals surface area contributed by atoms with E-state index < -0.39 is 0 Å². The molecule has 0 saturated carbocycles. The first-order valence-electron chi connectivity index (χ1n) is 3.90. The Balaban J connectivity index is 2.62. The summed E-state index contributed by atoms with van der Waals surface area (Å²) in [6, 6.07) is 3.68. The Morgan fingerprint density at radius 3 is 2.92 bits per heavy atom. The third kappa shape index (κ3) is 2.88. The van der Waals surface area contributed by atoms with Crippen LogP contribution in [0, 0.1) is 12.3 Å². The standard InChI is InChI=1S/C9H11BrN2O/c1-2-5-12-7(6-11)8-3-4-9(10)13-8/h1,3-4,7,12H,5-6,11H2. The molecule has 1 aromatic heterocycles. The fourth-order valence-corrected chi connectivity index (χ4v) is 1.32. The smallest absolute Gasteiger partial charge is 0.169 e. The lowest BCUT2D eigenvalue weighted by Crippen LogP contribution is -2.28. The van der Waals surface area contributed by atoms with E-state index in [9.17, 15) is 0 Å². The van der Waals surface area contributed by atoms with E-state index >= 15 is 0 Å². The van der Waals surface area contributed by atoms with Gasteiger partial charge in [-0.3, -0.25) is 5.32 Å². The van der Waals surface area contributed by atoms with Gasteiger partial charge in [-0.05, 0) is 28.1 Å². The van der Waals surface area contributed by atoms with Crippen molar-refractivity contribution in [1.82, 2.24) is 5.32 Å². The SMILES string of the molecule is C#CCNC(CN)c1ccc(Br)o1. The van der Waals surface area contributed by atoms with Crippen molar-refractivity contribution in [3.8, 4) is 12.3 Å². The van der Waals surface area contributed by atoms with Crippen molar-refractivity contribution < 1.29 is 4.42 Å². The molecule has 0 radical (unpaired) electrons. The van der Waals surface area contributed by atoms with Gasteiger partial charge in [0.1, 0.15) is 5.76 Å². The second-order valence-electron chi connectivity index (χ2n) is 2.52. The third-order valence-electron chi connectivity index (χ3n) is 1.62. The highest BCUT2D eigenvalue weighted by Crippen LogP contribution is 2.19. The molecule has 13 heavy (non-hydrogen) atoms. The van der Waals surface area contributed by atoms with Crippen LogP contribution >= 0.6 is 15.9 Å². The predicted octanol–water partition coefficient (Wildman–Crippen LogP) is 1.26. The van der Waals surface area contributed by atoms with Crippen LogP contribution in [-0.2, 0) is 0 Å². The van der Waals surface area contributed by atoms with Gasteiger partial charge < -0.3 is 10.2 Å². The van der Waals surface area contributed by atoms with Crippen molar-refractivity contribution in [2.24, 2.45) is 5.73 Å². The molecule has 1 atom stereocenters. The van der Waals surface area contributed by atoms with Crippen LogP contribution in [0.4, 0.5) is 0 Å². The number of halogens is 1. The molecule has 1 heterocycles. The molecule has 0 amide bonds. The van der Waals surface area contributed by atoms with Crippen molar-refractivity contribution in [3.05, 3.63) is 22.6 Å². The average molecular weight is 243 g/mol. The second kappa shape index (κ2) is 5.07. The lowest BCUT2D eigenvalue weighted by atomic mass is 10.2. The Morgan fingerprint density at radius 2 is 2.46 bits per heavy atom. The van der Waals surface area contributed by atoms with Crippen LogP contribution in [0.1, 0.15) is 11.8 Å². The number of terminal acetylenes is 1. The van der Waals surface area contributed by atoms with Gasteiger partial charge >= 0.3 is 0 Å². The molecule has 0 aromatic carbocycles. The summed E-state index contributed by atoms with van der Waals surface area (Å²) in [4.78, 5) is 0. The zero-order chi connectivity index (χ0) is 9.68. The van der Waals surface area contributed by atoms with Crippen LogP contribution in [0.3, 0.4) is 0 Å². The van der Waals surface area contributed by atoms with Gasteiger partial charge in [-0.2, -0.15) is 0 Å². The molecular formula is C9H11BrN2O. The highest BCUT2D eigenvalue weighted by Gasteiger charge is 2.11. The Labute approximate surface area is 85.8 Å². The summed E-state index contributed by atoms with van der Waals surface area (Å²) in [6.07, 6.45) is 5.12.